The van der Waals surface area contributed by atoms with Gasteiger partial charge in [0, 0.05) is 22.1 Å². The van der Waals surface area contributed by atoms with Gasteiger partial charge in [-0.25, -0.2) is 0 Å². The molecule has 0 unspecified atom stereocenters. The number of anilines is 3. The predicted molar refractivity (Wildman–Crippen MR) is 295 cm³/mol. The van der Waals surface area contributed by atoms with Crippen LogP contribution in [0.5, 0.6) is 0 Å². The highest BCUT2D eigenvalue weighted by molar-refractivity contribution is 6.05. The van der Waals surface area contributed by atoms with Crippen molar-refractivity contribution in [1.82, 2.24) is 0 Å². The molecule has 1 nitrogen and oxygen atoms in total. The summed E-state index contributed by atoms with van der Waals surface area (Å²) >= 11 is 0. The van der Waals surface area contributed by atoms with E-state index in [4.69, 9.17) is 0 Å². The standard InChI is InChI=1S/C69H57N/c1-66(2)44-67(3,4)62-43-60-56(42-61(62)66)65-53(31-21-33-59(65)69(60,48-25-12-8-13-26-48)49-27-14-9-15-28-49)47-36-38-52-46(40-47)24-20-35-64(52)70(63-34-19-17-29-51(63)45-22-10-7-11-23-45)50-37-39-58-55(41-50)54-30-16-18-32-57(54)68(58,5)6/h7-43H,44H2,1-6H3. The van der Waals surface area contributed by atoms with Crippen molar-refractivity contribution in [3.8, 4) is 44.5 Å². The van der Waals surface area contributed by atoms with Gasteiger partial charge in [0.05, 0.1) is 16.8 Å². The van der Waals surface area contributed by atoms with E-state index in [1.54, 1.807) is 0 Å². The summed E-state index contributed by atoms with van der Waals surface area (Å²) in [7, 11) is 0. The summed E-state index contributed by atoms with van der Waals surface area (Å²) in [5.74, 6) is 0. The van der Waals surface area contributed by atoms with E-state index in [9.17, 15) is 0 Å². The van der Waals surface area contributed by atoms with Gasteiger partial charge < -0.3 is 4.90 Å². The average molecular weight is 900 g/mol. The Morgan fingerprint density at radius 2 is 0.914 bits per heavy atom. The third kappa shape index (κ3) is 6.10. The normalized spacial score (nSPS) is 16.0. The monoisotopic (exact) mass is 899 g/mol. The molecule has 0 amide bonds. The molecule has 0 N–H and O–H groups in total. The van der Waals surface area contributed by atoms with Gasteiger partial charge in [-0.1, -0.05) is 230 Å². The van der Waals surface area contributed by atoms with E-state index in [2.05, 4.69) is 271 Å². The Morgan fingerprint density at radius 1 is 0.343 bits per heavy atom. The van der Waals surface area contributed by atoms with Crippen LogP contribution in [-0.4, -0.2) is 0 Å². The van der Waals surface area contributed by atoms with Crippen molar-refractivity contribution in [2.24, 2.45) is 0 Å². The summed E-state index contributed by atoms with van der Waals surface area (Å²) in [5.41, 5.74) is 24.2. The van der Waals surface area contributed by atoms with Gasteiger partial charge in [-0.2, -0.15) is 0 Å². The van der Waals surface area contributed by atoms with Crippen LogP contribution >= 0.6 is 0 Å². The average Bonchev–Trinajstić information content (AvgIpc) is 3.89. The van der Waals surface area contributed by atoms with Gasteiger partial charge in [0.15, 0.2) is 0 Å². The van der Waals surface area contributed by atoms with E-state index in [0.717, 1.165) is 23.5 Å². The zero-order valence-electron chi connectivity index (χ0n) is 41.0. The van der Waals surface area contributed by atoms with Crippen molar-refractivity contribution in [1.29, 1.82) is 0 Å². The topological polar surface area (TPSA) is 3.24 Å². The Balaban J connectivity index is 1.04. The van der Waals surface area contributed by atoms with Gasteiger partial charge in [0.1, 0.15) is 0 Å². The molecule has 0 fully saturated rings. The van der Waals surface area contributed by atoms with Crippen molar-refractivity contribution >= 4 is 27.8 Å². The van der Waals surface area contributed by atoms with E-state index in [-0.39, 0.29) is 16.2 Å². The molecular formula is C69H57N. The van der Waals surface area contributed by atoms with E-state index in [1.165, 1.54) is 99.8 Å². The highest BCUT2D eigenvalue weighted by atomic mass is 15.1. The number of nitrogens with zero attached hydrogens (tertiary/aromatic N) is 1. The van der Waals surface area contributed by atoms with Crippen molar-refractivity contribution < 1.29 is 0 Å². The summed E-state index contributed by atoms with van der Waals surface area (Å²) < 4.78 is 0. The lowest BCUT2D eigenvalue weighted by Gasteiger charge is -2.34. The highest BCUT2D eigenvalue weighted by Crippen LogP contribution is 2.62. The molecule has 0 bridgehead atoms. The van der Waals surface area contributed by atoms with Gasteiger partial charge in [-0.05, 0) is 142 Å². The Hall–Kier alpha value is -7.74. The first kappa shape index (κ1) is 42.4. The van der Waals surface area contributed by atoms with Crippen molar-refractivity contribution in [2.75, 3.05) is 4.90 Å². The molecule has 0 atom stereocenters. The minimum atomic E-state index is -0.497. The van der Waals surface area contributed by atoms with Crippen LogP contribution in [0.25, 0.3) is 55.3 Å². The second-order valence-corrected chi connectivity index (χ2v) is 21.9. The van der Waals surface area contributed by atoms with Crippen LogP contribution in [0.2, 0.25) is 0 Å². The van der Waals surface area contributed by atoms with Crippen LogP contribution in [-0.2, 0) is 21.7 Å². The first-order valence-electron chi connectivity index (χ1n) is 25.1. The molecule has 3 aliphatic rings. The number of para-hydroxylation sites is 1. The largest absolute Gasteiger partial charge is 0.309 e. The lowest BCUT2D eigenvalue weighted by Crippen LogP contribution is -2.29. The van der Waals surface area contributed by atoms with Crippen molar-refractivity contribution in [3.63, 3.8) is 0 Å². The molecule has 0 aromatic heterocycles. The quantitative estimate of drug-likeness (QED) is 0.154. The lowest BCUT2D eigenvalue weighted by atomic mass is 9.67. The molecule has 10 aromatic rings. The summed E-state index contributed by atoms with van der Waals surface area (Å²) in [6, 6.07) is 84.8. The maximum atomic E-state index is 2.62. The lowest BCUT2D eigenvalue weighted by molar-refractivity contribution is 0.403. The smallest absolute Gasteiger partial charge is 0.0713 e. The Kier molecular flexibility index (Phi) is 9.31. The Morgan fingerprint density at radius 3 is 1.64 bits per heavy atom. The van der Waals surface area contributed by atoms with Crippen LogP contribution in [0.15, 0.2) is 224 Å². The number of hydrogen-bond acceptors (Lipinski definition) is 1. The molecule has 13 rings (SSSR count). The third-order valence-corrected chi connectivity index (χ3v) is 16.5. The van der Waals surface area contributed by atoms with Crippen LogP contribution in [0, 0.1) is 0 Å². The second kappa shape index (κ2) is 15.4. The fourth-order valence-corrected chi connectivity index (χ4v) is 13.7. The van der Waals surface area contributed by atoms with E-state index in [0.29, 0.717) is 0 Å². The summed E-state index contributed by atoms with van der Waals surface area (Å²) in [6.45, 7) is 14.5. The Labute approximate surface area is 413 Å². The first-order valence-corrected chi connectivity index (χ1v) is 25.1. The van der Waals surface area contributed by atoms with Crippen LogP contribution < -0.4 is 4.90 Å². The van der Waals surface area contributed by atoms with Gasteiger partial charge >= 0.3 is 0 Å². The fourth-order valence-electron chi connectivity index (χ4n) is 13.7. The number of benzene rings is 10. The SMILES string of the molecule is CC1(C)CC(C)(C)c2cc3c(cc21)-c1c(-c2ccc4c(N(c5ccc6c(c5)-c5ccccc5C6(C)C)c5ccccc5-c5ccccc5)cccc4c2)cccc1C3(c1ccccc1)c1ccccc1. The summed E-state index contributed by atoms with van der Waals surface area (Å²) in [6.07, 6.45) is 1.12. The molecule has 10 aromatic carbocycles. The van der Waals surface area contributed by atoms with E-state index in [1.807, 2.05) is 0 Å². The van der Waals surface area contributed by atoms with Crippen LogP contribution in [0.3, 0.4) is 0 Å². The Bertz CT molecular complexity index is 3670. The molecule has 3 aliphatic carbocycles. The van der Waals surface area contributed by atoms with Crippen LogP contribution in [0.4, 0.5) is 17.1 Å². The van der Waals surface area contributed by atoms with Gasteiger partial charge in [0.25, 0.3) is 0 Å². The van der Waals surface area contributed by atoms with Crippen LogP contribution in [0.1, 0.15) is 92.5 Å². The van der Waals surface area contributed by atoms with Crippen molar-refractivity contribution in [3.05, 3.63) is 269 Å². The molecule has 1 heteroatoms. The minimum absolute atomic E-state index is 0.0521. The zero-order chi connectivity index (χ0) is 47.6. The highest BCUT2D eigenvalue weighted by Gasteiger charge is 2.50. The predicted octanol–water partition coefficient (Wildman–Crippen LogP) is 18.3. The molecule has 0 radical (unpaired) electrons. The number of fused-ring (bicyclic) bond motifs is 8. The van der Waals surface area contributed by atoms with E-state index >= 15 is 0 Å². The maximum absolute atomic E-state index is 2.62. The first-order chi connectivity index (χ1) is 34.0. The zero-order valence-corrected chi connectivity index (χ0v) is 41.0. The third-order valence-electron chi connectivity index (χ3n) is 16.5. The van der Waals surface area contributed by atoms with Gasteiger partial charge in [-0.15, -0.1) is 0 Å². The molecule has 0 heterocycles. The van der Waals surface area contributed by atoms with Crippen molar-refractivity contribution in [2.45, 2.75) is 69.6 Å². The fraction of sp³-hybridized carbons (Fsp3) is 0.159. The van der Waals surface area contributed by atoms with Gasteiger partial charge in [-0.3, -0.25) is 0 Å². The van der Waals surface area contributed by atoms with Gasteiger partial charge in [0.2, 0.25) is 0 Å². The second-order valence-electron chi connectivity index (χ2n) is 21.9. The minimum Gasteiger partial charge on any atom is -0.309 e. The molecule has 70 heavy (non-hydrogen) atoms. The molecule has 0 spiro atoms. The summed E-state index contributed by atoms with van der Waals surface area (Å²) in [4.78, 5) is 2.51. The maximum Gasteiger partial charge on any atom is 0.0713 e. The number of rotatable bonds is 7. The number of hydrogen-bond donors (Lipinski definition) is 0. The van der Waals surface area contributed by atoms with E-state index < -0.39 is 5.41 Å². The summed E-state index contributed by atoms with van der Waals surface area (Å²) in [5, 5.41) is 2.41. The molecular weight excluding hydrogens is 843 g/mol. The molecule has 0 aliphatic heterocycles. The molecule has 338 valence electrons. The molecule has 0 saturated heterocycles. The molecule has 0 saturated carbocycles.